The average Bonchev–Trinajstić information content (AvgIpc) is 2.87. The molecule has 0 atom stereocenters. The molecule has 0 aromatic carbocycles. The number of nitrogens with zero attached hydrogens (tertiary/aromatic N) is 4. The molecule has 5 heteroatoms. The third-order valence-corrected chi connectivity index (χ3v) is 2.22. The topological polar surface area (TPSA) is 55.9 Å². The number of aromatic nitrogens is 4. The third-order valence-electron chi connectivity index (χ3n) is 2.22. The zero-order valence-electron chi connectivity index (χ0n) is 8.67. The summed E-state index contributed by atoms with van der Waals surface area (Å²) in [6.07, 6.45) is 7.42. The molecule has 0 aliphatic heterocycles. The Kier molecular flexibility index (Phi) is 2.82. The molecule has 2 rings (SSSR count). The first-order valence-electron chi connectivity index (χ1n) is 4.94. The van der Waals surface area contributed by atoms with Gasteiger partial charge in [-0.05, 0) is 6.92 Å². The van der Waals surface area contributed by atoms with E-state index in [2.05, 4.69) is 17.0 Å². The Morgan fingerprint density at radius 2 is 2.27 bits per heavy atom. The monoisotopic (exact) mass is 206 g/mol. The van der Waals surface area contributed by atoms with Crippen molar-refractivity contribution in [3.63, 3.8) is 0 Å². The normalized spacial score (nSPS) is 10.8. The highest BCUT2D eigenvalue weighted by atomic mass is 16.3. The van der Waals surface area contributed by atoms with E-state index in [-0.39, 0.29) is 6.61 Å². The number of aliphatic hydroxyl groups excluding tert-OH is 1. The SMILES string of the molecule is CCn1cc(Cn2cnc(CO)c2)cn1. The van der Waals surface area contributed by atoms with Gasteiger partial charge >= 0.3 is 0 Å². The molecule has 2 aromatic heterocycles. The van der Waals surface area contributed by atoms with Crippen LogP contribution in [0.2, 0.25) is 0 Å². The number of aliphatic hydroxyl groups is 1. The van der Waals surface area contributed by atoms with Crippen LogP contribution in [0.25, 0.3) is 0 Å². The number of rotatable bonds is 4. The van der Waals surface area contributed by atoms with Gasteiger partial charge in [-0.1, -0.05) is 0 Å². The fourth-order valence-electron chi connectivity index (χ4n) is 1.45. The second kappa shape index (κ2) is 4.27. The molecule has 2 aromatic rings. The second-order valence-electron chi connectivity index (χ2n) is 3.40. The van der Waals surface area contributed by atoms with Crippen LogP contribution in [0, 0.1) is 0 Å². The first kappa shape index (κ1) is 9.92. The molecule has 2 heterocycles. The maximum Gasteiger partial charge on any atom is 0.0953 e. The maximum atomic E-state index is 8.87. The summed E-state index contributed by atoms with van der Waals surface area (Å²) >= 11 is 0. The lowest BCUT2D eigenvalue weighted by molar-refractivity contribution is 0.277. The van der Waals surface area contributed by atoms with Crippen molar-refractivity contribution in [3.05, 3.63) is 36.2 Å². The first-order chi connectivity index (χ1) is 7.31. The molecular formula is C10H14N4O. The van der Waals surface area contributed by atoms with Crippen LogP contribution in [-0.4, -0.2) is 24.4 Å². The Hall–Kier alpha value is -1.62. The average molecular weight is 206 g/mol. The first-order valence-corrected chi connectivity index (χ1v) is 4.94. The minimum atomic E-state index is -0.0127. The molecule has 0 aliphatic carbocycles. The smallest absolute Gasteiger partial charge is 0.0953 e. The number of imidazole rings is 1. The van der Waals surface area contributed by atoms with Gasteiger partial charge in [-0.25, -0.2) is 4.98 Å². The van der Waals surface area contributed by atoms with Gasteiger partial charge in [0, 0.05) is 24.5 Å². The Bertz CT molecular complexity index is 392. The van der Waals surface area contributed by atoms with Crippen molar-refractivity contribution in [2.75, 3.05) is 0 Å². The van der Waals surface area contributed by atoms with Crippen LogP contribution >= 0.6 is 0 Å². The summed E-state index contributed by atoms with van der Waals surface area (Å²) in [6, 6.07) is 0. The van der Waals surface area contributed by atoms with Gasteiger partial charge in [0.25, 0.3) is 0 Å². The molecule has 80 valence electrons. The molecule has 0 fully saturated rings. The van der Waals surface area contributed by atoms with Crippen LogP contribution in [-0.2, 0) is 19.7 Å². The Morgan fingerprint density at radius 3 is 2.87 bits per heavy atom. The highest BCUT2D eigenvalue weighted by Gasteiger charge is 2.00. The highest BCUT2D eigenvalue weighted by molar-refractivity contribution is 5.06. The van der Waals surface area contributed by atoms with Crippen molar-refractivity contribution in [2.45, 2.75) is 26.6 Å². The van der Waals surface area contributed by atoms with Crippen LogP contribution < -0.4 is 0 Å². The molecule has 0 radical (unpaired) electrons. The second-order valence-corrected chi connectivity index (χ2v) is 3.40. The standard InChI is InChI=1S/C10H14N4O/c1-2-14-5-9(3-12-14)4-13-6-10(7-15)11-8-13/h3,5-6,8,15H,2,4,7H2,1H3. The van der Waals surface area contributed by atoms with E-state index in [0.717, 1.165) is 18.7 Å². The highest BCUT2D eigenvalue weighted by Crippen LogP contribution is 2.03. The van der Waals surface area contributed by atoms with E-state index in [1.807, 2.05) is 27.8 Å². The Morgan fingerprint density at radius 1 is 1.40 bits per heavy atom. The van der Waals surface area contributed by atoms with E-state index in [9.17, 15) is 0 Å². The van der Waals surface area contributed by atoms with Gasteiger partial charge in [-0.3, -0.25) is 4.68 Å². The summed E-state index contributed by atoms with van der Waals surface area (Å²) in [5.74, 6) is 0. The zero-order valence-corrected chi connectivity index (χ0v) is 8.67. The van der Waals surface area contributed by atoms with Gasteiger partial charge in [0.1, 0.15) is 0 Å². The predicted molar refractivity (Wildman–Crippen MR) is 55.2 cm³/mol. The van der Waals surface area contributed by atoms with Crippen molar-refractivity contribution in [1.82, 2.24) is 19.3 Å². The van der Waals surface area contributed by atoms with Crippen molar-refractivity contribution >= 4 is 0 Å². The summed E-state index contributed by atoms with van der Waals surface area (Å²) in [4.78, 5) is 4.04. The molecule has 5 nitrogen and oxygen atoms in total. The number of hydrogen-bond acceptors (Lipinski definition) is 3. The van der Waals surface area contributed by atoms with Crippen molar-refractivity contribution in [1.29, 1.82) is 0 Å². The summed E-state index contributed by atoms with van der Waals surface area (Å²) in [5, 5.41) is 13.1. The summed E-state index contributed by atoms with van der Waals surface area (Å²) in [5.41, 5.74) is 1.83. The number of hydrogen-bond donors (Lipinski definition) is 1. The Labute approximate surface area is 88.0 Å². The number of aryl methyl sites for hydroxylation is 1. The van der Waals surface area contributed by atoms with Gasteiger partial charge in [0.05, 0.1) is 31.4 Å². The minimum absolute atomic E-state index is 0.0127. The van der Waals surface area contributed by atoms with E-state index >= 15 is 0 Å². The van der Waals surface area contributed by atoms with Gasteiger partial charge < -0.3 is 9.67 Å². The zero-order chi connectivity index (χ0) is 10.7. The molecular weight excluding hydrogens is 192 g/mol. The fourth-order valence-corrected chi connectivity index (χ4v) is 1.45. The minimum Gasteiger partial charge on any atom is -0.390 e. The molecule has 1 N–H and O–H groups in total. The van der Waals surface area contributed by atoms with Crippen LogP contribution in [0.1, 0.15) is 18.2 Å². The lowest BCUT2D eigenvalue weighted by Gasteiger charge is -1.97. The quantitative estimate of drug-likeness (QED) is 0.798. The van der Waals surface area contributed by atoms with E-state index < -0.39 is 0 Å². The fraction of sp³-hybridized carbons (Fsp3) is 0.400. The van der Waals surface area contributed by atoms with E-state index in [0.29, 0.717) is 5.69 Å². The summed E-state index contributed by atoms with van der Waals surface area (Å²) < 4.78 is 3.82. The Balaban J connectivity index is 2.07. The molecule has 0 saturated heterocycles. The predicted octanol–water partition coefficient (Wildman–Crippen LogP) is 0.640. The summed E-state index contributed by atoms with van der Waals surface area (Å²) in [6.45, 7) is 3.66. The van der Waals surface area contributed by atoms with Crippen molar-refractivity contribution < 1.29 is 5.11 Å². The van der Waals surface area contributed by atoms with Gasteiger partial charge in [-0.2, -0.15) is 5.10 Å². The maximum absolute atomic E-state index is 8.87. The molecule has 0 amide bonds. The largest absolute Gasteiger partial charge is 0.390 e. The van der Waals surface area contributed by atoms with Crippen LogP contribution in [0.4, 0.5) is 0 Å². The van der Waals surface area contributed by atoms with Gasteiger partial charge in [0.15, 0.2) is 0 Å². The summed E-state index contributed by atoms with van der Waals surface area (Å²) in [7, 11) is 0. The van der Waals surface area contributed by atoms with Gasteiger partial charge in [0.2, 0.25) is 0 Å². The van der Waals surface area contributed by atoms with E-state index in [4.69, 9.17) is 5.11 Å². The molecule has 0 unspecified atom stereocenters. The molecule has 0 saturated carbocycles. The lowest BCUT2D eigenvalue weighted by atomic mass is 10.3. The third kappa shape index (κ3) is 2.24. The van der Waals surface area contributed by atoms with Crippen LogP contribution in [0.5, 0.6) is 0 Å². The van der Waals surface area contributed by atoms with Crippen molar-refractivity contribution in [3.8, 4) is 0 Å². The lowest BCUT2D eigenvalue weighted by Crippen LogP contribution is -1.96. The van der Waals surface area contributed by atoms with Crippen LogP contribution in [0.3, 0.4) is 0 Å². The molecule has 0 spiro atoms. The molecule has 15 heavy (non-hydrogen) atoms. The van der Waals surface area contributed by atoms with E-state index in [1.165, 1.54) is 0 Å². The van der Waals surface area contributed by atoms with E-state index in [1.54, 1.807) is 6.33 Å². The molecule has 0 bridgehead atoms. The van der Waals surface area contributed by atoms with Crippen molar-refractivity contribution in [2.24, 2.45) is 0 Å². The van der Waals surface area contributed by atoms with Gasteiger partial charge in [-0.15, -0.1) is 0 Å². The molecule has 0 aliphatic rings. The van der Waals surface area contributed by atoms with Crippen LogP contribution in [0.15, 0.2) is 24.9 Å².